The van der Waals surface area contributed by atoms with E-state index in [-0.39, 0.29) is 16.7 Å². The second-order valence-electron chi connectivity index (χ2n) is 5.37. The molecule has 0 unspecified atom stereocenters. The molecule has 0 radical (unpaired) electrons. The van der Waals surface area contributed by atoms with E-state index in [1.54, 1.807) is 12.1 Å². The number of halogens is 2. The summed E-state index contributed by atoms with van der Waals surface area (Å²) in [6, 6.07) is 9.32. The summed E-state index contributed by atoms with van der Waals surface area (Å²) in [5.41, 5.74) is 0.713. The van der Waals surface area contributed by atoms with Crippen molar-refractivity contribution in [1.29, 1.82) is 0 Å². The molecule has 7 heteroatoms. The average Bonchev–Trinajstić information content (AvgIpc) is 2.58. The Hall–Kier alpha value is -3.35. The molecule has 2 aromatic carbocycles. The molecule has 5 nitrogen and oxygen atoms in total. The number of aliphatic carboxylic acids is 1. The van der Waals surface area contributed by atoms with Gasteiger partial charge >= 0.3 is 5.97 Å². The van der Waals surface area contributed by atoms with Crippen LogP contribution in [0.25, 0.3) is 11.6 Å². The maximum Gasteiger partial charge on any atom is 0.323 e. The molecule has 0 saturated heterocycles. The second-order valence-corrected chi connectivity index (χ2v) is 5.37. The Morgan fingerprint density at radius 3 is 2.32 bits per heavy atom. The summed E-state index contributed by atoms with van der Waals surface area (Å²) in [6.45, 7) is -0.791. The van der Waals surface area contributed by atoms with Crippen LogP contribution < -0.4 is 0 Å². The van der Waals surface area contributed by atoms with E-state index in [1.807, 2.05) is 0 Å². The Morgan fingerprint density at radius 1 is 1.00 bits per heavy atom. The van der Waals surface area contributed by atoms with Crippen LogP contribution in [-0.4, -0.2) is 34.3 Å². The van der Waals surface area contributed by atoms with Crippen molar-refractivity contribution in [3.8, 4) is 0 Å². The molecule has 2 amide bonds. The molecular formula is C18H11F2NO4. The van der Waals surface area contributed by atoms with Crippen molar-refractivity contribution < 1.29 is 28.3 Å². The normalized spacial score (nSPS) is 15.4. The minimum Gasteiger partial charge on any atom is -0.480 e. The smallest absolute Gasteiger partial charge is 0.323 e. The monoisotopic (exact) mass is 343 g/mol. The zero-order valence-electron chi connectivity index (χ0n) is 12.7. The van der Waals surface area contributed by atoms with Gasteiger partial charge in [0.15, 0.2) is 11.6 Å². The third-order valence-corrected chi connectivity index (χ3v) is 3.72. The Labute approximate surface area is 140 Å². The number of rotatable bonds is 3. The number of amides is 2. The highest BCUT2D eigenvalue weighted by Crippen LogP contribution is 2.30. The summed E-state index contributed by atoms with van der Waals surface area (Å²) < 4.78 is 26.5. The molecule has 2 aromatic rings. The first-order valence-electron chi connectivity index (χ1n) is 7.22. The number of carboxylic acids is 1. The highest BCUT2D eigenvalue weighted by Gasteiger charge is 2.35. The maximum absolute atomic E-state index is 13.4. The van der Waals surface area contributed by atoms with Gasteiger partial charge in [-0.05, 0) is 35.4 Å². The van der Waals surface area contributed by atoms with Gasteiger partial charge in [0.2, 0.25) is 0 Å². The fourth-order valence-corrected chi connectivity index (χ4v) is 2.59. The third-order valence-electron chi connectivity index (χ3n) is 3.72. The van der Waals surface area contributed by atoms with Crippen LogP contribution in [0.5, 0.6) is 0 Å². The summed E-state index contributed by atoms with van der Waals surface area (Å²) in [5.74, 6) is -4.97. The van der Waals surface area contributed by atoms with E-state index < -0.39 is 36.0 Å². The van der Waals surface area contributed by atoms with Crippen LogP contribution in [0.4, 0.5) is 8.78 Å². The van der Waals surface area contributed by atoms with Crippen molar-refractivity contribution in [2.75, 3.05) is 6.54 Å². The maximum atomic E-state index is 13.4. The van der Waals surface area contributed by atoms with Gasteiger partial charge in [-0.25, -0.2) is 8.78 Å². The van der Waals surface area contributed by atoms with Crippen molar-refractivity contribution in [3.05, 3.63) is 70.8 Å². The zero-order chi connectivity index (χ0) is 18.1. The largest absolute Gasteiger partial charge is 0.480 e. The highest BCUT2D eigenvalue weighted by molar-refractivity contribution is 6.34. The second kappa shape index (κ2) is 6.27. The first kappa shape index (κ1) is 16.5. The Balaban J connectivity index is 2.16. The molecule has 1 aliphatic heterocycles. The molecule has 0 fully saturated rings. The lowest BCUT2D eigenvalue weighted by Gasteiger charge is -2.27. The van der Waals surface area contributed by atoms with Crippen LogP contribution >= 0.6 is 0 Å². The number of carboxylic acid groups (broad SMARTS) is 1. The lowest BCUT2D eigenvalue weighted by atomic mass is 9.92. The van der Waals surface area contributed by atoms with Crippen molar-refractivity contribution in [2.45, 2.75) is 0 Å². The molecule has 0 saturated carbocycles. The standard InChI is InChI=1S/C18H11F2NO4/c19-14-6-5-10(8-15(14)20)7-13-11-3-1-2-4-12(11)17(24)21(18(13)25)9-16(22)23/h1-8H,9H2,(H,22,23)/b13-7+. The van der Waals surface area contributed by atoms with Gasteiger partial charge in [0.05, 0.1) is 0 Å². The van der Waals surface area contributed by atoms with Gasteiger partial charge in [0, 0.05) is 11.1 Å². The molecule has 0 atom stereocenters. The van der Waals surface area contributed by atoms with Crippen molar-refractivity contribution in [1.82, 2.24) is 4.90 Å². The molecule has 1 aliphatic rings. The summed E-state index contributed by atoms with van der Waals surface area (Å²) in [5, 5.41) is 8.94. The van der Waals surface area contributed by atoms with Crippen LogP contribution in [0.1, 0.15) is 21.5 Å². The molecule has 25 heavy (non-hydrogen) atoms. The Bertz CT molecular complexity index is 936. The van der Waals surface area contributed by atoms with Gasteiger partial charge in [0.25, 0.3) is 11.8 Å². The molecule has 0 aliphatic carbocycles. The number of hydrogen-bond acceptors (Lipinski definition) is 3. The van der Waals surface area contributed by atoms with Crippen molar-refractivity contribution in [3.63, 3.8) is 0 Å². The van der Waals surface area contributed by atoms with Gasteiger partial charge in [0.1, 0.15) is 6.54 Å². The SMILES string of the molecule is O=C(O)CN1C(=O)/C(=C/c2ccc(F)c(F)c2)c2ccccc2C1=O. The Kier molecular flexibility index (Phi) is 4.14. The fraction of sp³-hybridized carbons (Fsp3) is 0.0556. The summed E-state index contributed by atoms with van der Waals surface area (Å²) >= 11 is 0. The predicted octanol–water partition coefficient (Wildman–Crippen LogP) is 2.57. The molecule has 126 valence electrons. The van der Waals surface area contributed by atoms with Crippen LogP contribution in [0, 0.1) is 11.6 Å². The number of carbonyl (C=O) groups excluding carboxylic acids is 2. The number of benzene rings is 2. The number of hydrogen-bond donors (Lipinski definition) is 1. The van der Waals surface area contributed by atoms with Crippen LogP contribution in [0.15, 0.2) is 42.5 Å². The minimum absolute atomic E-state index is 0.0301. The molecule has 1 N–H and O–H groups in total. The predicted molar refractivity (Wildman–Crippen MR) is 84.4 cm³/mol. The van der Waals surface area contributed by atoms with E-state index in [2.05, 4.69) is 0 Å². The quantitative estimate of drug-likeness (QED) is 0.687. The van der Waals surface area contributed by atoms with Gasteiger partial charge in [-0.2, -0.15) is 0 Å². The fourth-order valence-electron chi connectivity index (χ4n) is 2.59. The number of imide groups is 1. The molecule has 1 heterocycles. The summed E-state index contributed by atoms with van der Waals surface area (Å²) in [6.07, 6.45) is 1.30. The van der Waals surface area contributed by atoms with E-state index in [4.69, 9.17) is 5.11 Å². The third kappa shape index (κ3) is 3.03. The molecule has 0 aromatic heterocycles. The first-order chi connectivity index (χ1) is 11.9. The zero-order valence-corrected chi connectivity index (χ0v) is 12.7. The summed E-state index contributed by atoms with van der Waals surface area (Å²) in [4.78, 5) is 36.5. The van der Waals surface area contributed by atoms with Gasteiger partial charge in [-0.3, -0.25) is 19.3 Å². The van der Waals surface area contributed by atoms with E-state index in [1.165, 1.54) is 24.3 Å². The lowest BCUT2D eigenvalue weighted by molar-refractivity contribution is -0.141. The highest BCUT2D eigenvalue weighted by atomic mass is 19.2. The lowest BCUT2D eigenvalue weighted by Crippen LogP contribution is -2.44. The van der Waals surface area contributed by atoms with Gasteiger partial charge in [-0.1, -0.05) is 24.3 Å². The minimum atomic E-state index is -1.34. The average molecular weight is 343 g/mol. The number of nitrogens with zero attached hydrogens (tertiary/aromatic N) is 1. The molecule has 0 spiro atoms. The molecule has 0 bridgehead atoms. The van der Waals surface area contributed by atoms with E-state index >= 15 is 0 Å². The van der Waals surface area contributed by atoms with Crippen LogP contribution in [-0.2, 0) is 9.59 Å². The van der Waals surface area contributed by atoms with E-state index in [0.717, 1.165) is 12.1 Å². The summed E-state index contributed by atoms with van der Waals surface area (Å²) in [7, 11) is 0. The number of fused-ring (bicyclic) bond motifs is 1. The van der Waals surface area contributed by atoms with Crippen LogP contribution in [0.3, 0.4) is 0 Å². The van der Waals surface area contributed by atoms with Gasteiger partial charge < -0.3 is 5.11 Å². The van der Waals surface area contributed by atoms with Gasteiger partial charge in [-0.15, -0.1) is 0 Å². The van der Waals surface area contributed by atoms with Crippen LogP contribution in [0.2, 0.25) is 0 Å². The topological polar surface area (TPSA) is 74.7 Å². The Morgan fingerprint density at radius 2 is 1.68 bits per heavy atom. The first-order valence-corrected chi connectivity index (χ1v) is 7.22. The van der Waals surface area contributed by atoms with Crippen molar-refractivity contribution in [2.24, 2.45) is 0 Å². The van der Waals surface area contributed by atoms with E-state index in [9.17, 15) is 23.2 Å². The molecule has 3 rings (SSSR count). The van der Waals surface area contributed by atoms with E-state index in [0.29, 0.717) is 10.5 Å². The van der Waals surface area contributed by atoms with Crippen molar-refractivity contribution >= 4 is 29.4 Å². The molecular weight excluding hydrogens is 332 g/mol. The number of carbonyl (C=O) groups is 3.